The molecular formula is C15H20FNO2S. The molecule has 0 aromatic heterocycles. The van der Waals surface area contributed by atoms with Crippen LogP contribution in [0.3, 0.4) is 0 Å². The summed E-state index contributed by atoms with van der Waals surface area (Å²) < 4.78 is 29.3. The first-order valence-electron chi connectivity index (χ1n) is 6.64. The van der Waals surface area contributed by atoms with Crippen LogP contribution in [-0.2, 0) is 15.5 Å². The summed E-state index contributed by atoms with van der Waals surface area (Å²) in [7, 11) is 0.825. The van der Waals surface area contributed by atoms with Crippen molar-refractivity contribution in [1.82, 2.24) is 0 Å². The van der Waals surface area contributed by atoms with Crippen LogP contribution in [0.5, 0.6) is 0 Å². The molecule has 1 aliphatic rings. The molecule has 0 spiro atoms. The lowest BCUT2D eigenvalue weighted by Gasteiger charge is -2.21. The van der Waals surface area contributed by atoms with Gasteiger partial charge in [-0.05, 0) is 23.1 Å². The number of nitrogens with two attached hydrogens (primary N) is 1. The maximum absolute atomic E-state index is 12.7. The quantitative estimate of drug-likeness (QED) is 0.906. The van der Waals surface area contributed by atoms with E-state index in [-0.39, 0.29) is 0 Å². The Hall–Kier alpha value is -1.04. The Kier molecular flexibility index (Phi) is 5.46. The van der Waals surface area contributed by atoms with E-state index < -0.39 is 29.6 Å². The lowest BCUT2D eigenvalue weighted by Crippen LogP contribution is -2.31. The van der Waals surface area contributed by atoms with Gasteiger partial charge < -0.3 is 10.5 Å². The molecule has 1 aromatic carbocycles. The minimum Gasteiger partial charge on any atom is -0.375 e. The second-order valence-electron chi connectivity index (χ2n) is 4.89. The first-order valence-corrected chi connectivity index (χ1v) is 8.13. The number of methoxy groups -OCH3 is 1. The van der Waals surface area contributed by atoms with Crippen molar-refractivity contribution in [2.75, 3.05) is 25.3 Å². The van der Waals surface area contributed by atoms with E-state index in [4.69, 9.17) is 10.5 Å². The molecule has 1 heterocycles. The molecular weight excluding hydrogens is 277 g/mol. The lowest BCUT2D eigenvalue weighted by atomic mass is 9.98. The van der Waals surface area contributed by atoms with E-state index in [1.807, 2.05) is 30.3 Å². The third-order valence-electron chi connectivity index (χ3n) is 3.55. The smallest absolute Gasteiger partial charge is 0.107 e. The van der Waals surface area contributed by atoms with Gasteiger partial charge in [0.2, 0.25) is 0 Å². The first kappa shape index (κ1) is 15.4. The maximum Gasteiger partial charge on any atom is 0.107 e. The zero-order chi connectivity index (χ0) is 14.5. The van der Waals surface area contributed by atoms with Crippen molar-refractivity contribution in [2.24, 2.45) is 5.73 Å². The molecule has 1 aromatic rings. The molecule has 2 rings (SSSR count). The standard InChI is InChI=1S/C15H20FNO2S/c1-19-15(14(17)10-16)13-4-2-11(3-5-13)12-6-8-20(18)9-7-12/h2-6,14-15H,7-10,17H2,1H3/t14-,15-,20?/m1/s1. The molecule has 0 saturated carbocycles. The van der Waals surface area contributed by atoms with Crippen molar-refractivity contribution >= 4 is 16.4 Å². The minimum absolute atomic E-state index is 0.429. The summed E-state index contributed by atoms with van der Waals surface area (Å²) in [5, 5.41) is 0. The fraction of sp³-hybridized carbons (Fsp3) is 0.467. The van der Waals surface area contributed by atoms with Crippen molar-refractivity contribution in [3.8, 4) is 0 Å². The summed E-state index contributed by atoms with van der Waals surface area (Å²) >= 11 is 0. The van der Waals surface area contributed by atoms with Crippen LogP contribution >= 0.6 is 0 Å². The zero-order valence-corrected chi connectivity index (χ0v) is 12.4. The fourth-order valence-corrected chi connectivity index (χ4v) is 3.39. The average Bonchev–Trinajstić information content (AvgIpc) is 2.49. The molecule has 0 bridgehead atoms. The molecule has 20 heavy (non-hydrogen) atoms. The zero-order valence-electron chi connectivity index (χ0n) is 11.5. The van der Waals surface area contributed by atoms with E-state index in [1.165, 1.54) is 12.7 Å². The highest BCUT2D eigenvalue weighted by molar-refractivity contribution is 7.85. The van der Waals surface area contributed by atoms with Crippen molar-refractivity contribution in [1.29, 1.82) is 0 Å². The van der Waals surface area contributed by atoms with E-state index in [0.717, 1.165) is 23.3 Å². The summed E-state index contributed by atoms with van der Waals surface area (Å²) in [6.07, 6.45) is 2.45. The van der Waals surface area contributed by atoms with Gasteiger partial charge in [-0.3, -0.25) is 4.21 Å². The largest absolute Gasteiger partial charge is 0.375 e. The van der Waals surface area contributed by atoms with Gasteiger partial charge in [0.05, 0.1) is 12.1 Å². The number of benzene rings is 1. The van der Waals surface area contributed by atoms with Crippen LogP contribution in [0.25, 0.3) is 5.57 Å². The summed E-state index contributed by atoms with van der Waals surface area (Å²) in [6, 6.07) is 7.18. The van der Waals surface area contributed by atoms with E-state index in [1.54, 1.807) is 0 Å². The Morgan fingerprint density at radius 2 is 2.10 bits per heavy atom. The molecule has 0 amide bonds. The predicted octanol–water partition coefficient (Wildman–Crippen LogP) is 2.21. The molecule has 0 fully saturated rings. The Morgan fingerprint density at radius 3 is 2.60 bits per heavy atom. The number of alkyl halides is 1. The van der Waals surface area contributed by atoms with Gasteiger partial charge in [-0.15, -0.1) is 0 Å². The average molecular weight is 297 g/mol. The van der Waals surface area contributed by atoms with Crippen LogP contribution in [0, 0.1) is 0 Å². The summed E-state index contributed by atoms with van der Waals surface area (Å²) in [4.78, 5) is 0. The molecule has 0 saturated heterocycles. The van der Waals surface area contributed by atoms with Gasteiger partial charge in [-0.1, -0.05) is 30.3 Å². The number of rotatable bonds is 5. The predicted molar refractivity (Wildman–Crippen MR) is 80.6 cm³/mol. The summed E-state index contributed by atoms with van der Waals surface area (Å²) in [5.41, 5.74) is 8.93. The van der Waals surface area contributed by atoms with Gasteiger partial charge >= 0.3 is 0 Å². The summed E-state index contributed by atoms with van der Waals surface area (Å²) in [6.45, 7) is -0.614. The Balaban J connectivity index is 2.15. The number of hydrogen-bond acceptors (Lipinski definition) is 3. The second kappa shape index (κ2) is 7.11. The Labute approximate surface area is 121 Å². The van der Waals surface area contributed by atoms with Crippen LogP contribution in [0.1, 0.15) is 23.7 Å². The van der Waals surface area contributed by atoms with Crippen LogP contribution < -0.4 is 5.73 Å². The van der Waals surface area contributed by atoms with E-state index >= 15 is 0 Å². The van der Waals surface area contributed by atoms with Crippen LogP contribution in [0.4, 0.5) is 4.39 Å². The van der Waals surface area contributed by atoms with Crippen LogP contribution in [0.15, 0.2) is 30.3 Å². The number of halogens is 1. The topological polar surface area (TPSA) is 52.3 Å². The monoisotopic (exact) mass is 297 g/mol. The molecule has 0 radical (unpaired) electrons. The highest BCUT2D eigenvalue weighted by atomic mass is 32.2. The molecule has 0 aliphatic carbocycles. The second-order valence-corrected chi connectivity index (χ2v) is 6.51. The number of allylic oxidation sites excluding steroid dienone is 1. The molecule has 5 heteroatoms. The molecule has 3 nitrogen and oxygen atoms in total. The van der Waals surface area contributed by atoms with Crippen LogP contribution in [-0.4, -0.2) is 35.5 Å². The number of hydrogen-bond donors (Lipinski definition) is 1. The molecule has 1 aliphatic heterocycles. The third kappa shape index (κ3) is 3.53. The van der Waals surface area contributed by atoms with Crippen molar-refractivity contribution < 1.29 is 13.3 Å². The van der Waals surface area contributed by atoms with Crippen molar-refractivity contribution in [3.05, 3.63) is 41.5 Å². The first-order chi connectivity index (χ1) is 9.65. The van der Waals surface area contributed by atoms with E-state index in [0.29, 0.717) is 5.75 Å². The SMILES string of the molecule is CO[C@H](c1ccc(C2=CCS(=O)CC2)cc1)[C@H](N)CF. The lowest BCUT2D eigenvalue weighted by molar-refractivity contribution is 0.0721. The van der Waals surface area contributed by atoms with Gasteiger partial charge in [-0.25, -0.2) is 4.39 Å². The normalized spacial score (nSPS) is 22.1. The Morgan fingerprint density at radius 1 is 1.40 bits per heavy atom. The van der Waals surface area contributed by atoms with Crippen molar-refractivity contribution in [2.45, 2.75) is 18.6 Å². The van der Waals surface area contributed by atoms with Gasteiger partial charge in [0, 0.05) is 29.4 Å². The van der Waals surface area contributed by atoms with Crippen LogP contribution in [0.2, 0.25) is 0 Å². The molecule has 3 atom stereocenters. The van der Waals surface area contributed by atoms with Gasteiger partial charge in [0.1, 0.15) is 6.67 Å². The number of ether oxygens (including phenoxy) is 1. The molecule has 1 unspecified atom stereocenters. The molecule has 2 N–H and O–H groups in total. The highest BCUT2D eigenvalue weighted by Gasteiger charge is 2.19. The molecule has 110 valence electrons. The highest BCUT2D eigenvalue weighted by Crippen LogP contribution is 2.26. The van der Waals surface area contributed by atoms with E-state index in [2.05, 4.69) is 0 Å². The van der Waals surface area contributed by atoms with Gasteiger partial charge in [0.15, 0.2) is 0 Å². The van der Waals surface area contributed by atoms with Crippen molar-refractivity contribution in [3.63, 3.8) is 0 Å². The fourth-order valence-electron chi connectivity index (χ4n) is 2.39. The third-order valence-corrected chi connectivity index (χ3v) is 4.74. The van der Waals surface area contributed by atoms with Gasteiger partial charge in [0.25, 0.3) is 0 Å². The minimum atomic E-state index is -0.710. The Bertz CT molecular complexity index is 501. The van der Waals surface area contributed by atoms with E-state index in [9.17, 15) is 8.60 Å². The van der Waals surface area contributed by atoms with Gasteiger partial charge in [-0.2, -0.15) is 0 Å². The maximum atomic E-state index is 12.7. The summed E-state index contributed by atoms with van der Waals surface area (Å²) in [5.74, 6) is 1.35.